The van der Waals surface area contributed by atoms with Crippen molar-refractivity contribution >= 4 is 44.3 Å². The molecule has 3 aliphatic rings. The van der Waals surface area contributed by atoms with Gasteiger partial charge in [-0.2, -0.15) is 9.97 Å². The van der Waals surface area contributed by atoms with E-state index in [-0.39, 0.29) is 47.9 Å². The van der Waals surface area contributed by atoms with Crippen LogP contribution in [0.15, 0.2) is 46.8 Å². The summed E-state index contributed by atoms with van der Waals surface area (Å²) in [7, 11) is -9.86. The molecule has 7 rings (SSSR count). The molecular weight excluding hydrogens is 776 g/mol. The van der Waals surface area contributed by atoms with Crippen LogP contribution in [0.2, 0.25) is 0 Å². The fourth-order valence-corrected chi connectivity index (χ4v) is 8.32. The fraction of sp³-hybridized carbons (Fsp3) is 0.536. The van der Waals surface area contributed by atoms with Crippen molar-refractivity contribution in [1.82, 2.24) is 38.6 Å². The van der Waals surface area contributed by atoms with E-state index in [2.05, 4.69) is 24.9 Å². The summed E-state index contributed by atoms with van der Waals surface area (Å²) in [5, 5.41) is 10.6. The van der Waals surface area contributed by atoms with Crippen LogP contribution < -0.4 is 28.6 Å². The van der Waals surface area contributed by atoms with Crippen molar-refractivity contribution in [2.45, 2.75) is 81.5 Å². The monoisotopic (exact) mass is 813 g/mol. The van der Waals surface area contributed by atoms with Gasteiger partial charge < -0.3 is 46.3 Å². The van der Waals surface area contributed by atoms with Gasteiger partial charge in [0, 0.05) is 31.7 Å². The maximum Gasteiger partial charge on any atom is 0.472 e. The average molecular weight is 814 g/mol. The Morgan fingerprint density at radius 1 is 0.782 bits per heavy atom. The molecule has 3 saturated heterocycles. The third kappa shape index (κ3) is 8.62. The van der Waals surface area contributed by atoms with E-state index in [1.807, 2.05) is 0 Å². The van der Waals surface area contributed by atoms with Crippen molar-refractivity contribution in [2.24, 2.45) is 0 Å². The number of hydrogen-bond donors (Lipinski definition) is 6. The quantitative estimate of drug-likeness (QED) is 0.0912. The Morgan fingerprint density at radius 2 is 1.33 bits per heavy atom. The third-order valence-electron chi connectivity index (χ3n) is 9.08. The van der Waals surface area contributed by atoms with Crippen LogP contribution in [0, 0.1) is 0 Å². The highest BCUT2D eigenvalue weighted by Crippen LogP contribution is 2.52. The number of imidazole rings is 1. The predicted octanol–water partition coefficient (Wildman–Crippen LogP) is -0.666. The Bertz CT molecular complexity index is 2260. The van der Waals surface area contributed by atoms with Crippen molar-refractivity contribution in [3.63, 3.8) is 0 Å². The molecule has 4 aromatic rings. The maximum atomic E-state index is 13.3. The lowest BCUT2D eigenvalue weighted by Gasteiger charge is -2.24. The Kier molecular flexibility index (Phi) is 10.9. The highest BCUT2D eigenvalue weighted by Gasteiger charge is 2.46. The normalized spacial score (nSPS) is 30.4. The van der Waals surface area contributed by atoms with Gasteiger partial charge in [-0.05, 0) is 19.1 Å². The van der Waals surface area contributed by atoms with Crippen molar-refractivity contribution in [1.29, 1.82) is 0 Å². The first-order valence-electron chi connectivity index (χ1n) is 16.6. The second-order valence-electron chi connectivity index (χ2n) is 12.8. The van der Waals surface area contributed by atoms with Gasteiger partial charge in [-0.25, -0.2) is 33.7 Å². The number of phosphoric ester groups is 2. The fourth-order valence-electron chi connectivity index (χ4n) is 6.37. The summed E-state index contributed by atoms with van der Waals surface area (Å²) < 4.78 is 69.2. The molecule has 0 bridgehead atoms. The van der Waals surface area contributed by atoms with Crippen LogP contribution >= 0.6 is 15.6 Å². The first kappa shape index (κ1) is 39.0. The van der Waals surface area contributed by atoms with E-state index >= 15 is 0 Å². The van der Waals surface area contributed by atoms with E-state index in [4.69, 9.17) is 49.5 Å². The molecule has 0 amide bonds. The number of aromatic nitrogens is 8. The van der Waals surface area contributed by atoms with E-state index in [0.717, 1.165) is 9.13 Å². The van der Waals surface area contributed by atoms with Gasteiger partial charge >= 0.3 is 27.0 Å². The van der Waals surface area contributed by atoms with Crippen molar-refractivity contribution in [3.05, 3.63) is 58.1 Å². The smallest absolute Gasteiger partial charge is 0.390 e. The molecule has 0 saturated carbocycles. The molecule has 25 nitrogen and oxygen atoms in total. The Morgan fingerprint density at radius 3 is 1.96 bits per heavy atom. The number of phosphoric acid groups is 2. The molecule has 298 valence electrons. The first-order chi connectivity index (χ1) is 26.1. The lowest BCUT2D eigenvalue weighted by atomic mass is 10.2. The third-order valence-corrected chi connectivity index (χ3v) is 11.1. The van der Waals surface area contributed by atoms with Crippen LogP contribution in [0.1, 0.15) is 44.9 Å². The van der Waals surface area contributed by atoms with Crippen LogP contribution in [0.5, 0.6) is 0 Å². The highest BCUT2D eigenvalue weighted by molar-refractivity contribution is 7.47. The molecule has 55 heavy (non-hydrogen) atoms. The summed E-state index contributed by atoms with van der Waals surface area (Å²) in [5.41, 5.74) is 16.1. The van der Waals surface area contributed by atoms with Crippen molar-refractivity contribution in [3.8, 4) is 0 Å². The molecule has 27 heteroatoms. The van der Waals surface area contributed by atoms with E-state index in [9.17, 15) is 33.6 Å². The van der Waals surface area contributed by atoms with Crippen LogP contribution in [0.3, 0.4) is 0 Å². The average Bonchev–Trinajstić information content (AvgIpc) is 3.89. The second-order valence-corrected chi connectivity index (χ2v) is 15.6. The summed E-state index contributed by atoms with van der Waals surface area (Å²) >= 11 is 0. The van der Waals surface area contributed by atoms with Gasteiger partial charge in [0.25, 0.3) is 0 Å². The number of nitrogen functional groups attached to an aromatic ring is 3. The lowest BCUT2D eigenvalue weighted by Crippen LogP contribution is -2.30. The SMILES string of the molecule is C[C@H]1O[C@@H](n2ccc(N)nc2=O)C[C@@H]1OP(=O)(O)OC[C@H]1O[C@@H](n2cnc3c(N)ncnc32)C[C@@H]1OP(=O)(O)OC[C@H]1O[C@@H](n2ccc(N)nc2=O)C[C@@H]1O. The predicted molar refractivity (Wildman–Crippen MR) is 184 cm³/mol. The van der Waals surface area contributed by atoms with Gasteiger partial charge in [0.05, 0.1) is 37.9 Å². The molecule has 0 aromatic carbocycles. The maximum absolute atomic E-state index is 13.3. The number of nitrogens with zero attached hydrogens (tertiary/aromatic N) is 8. The van der Waals surface area contributed by atoms with Crippen LogP contribution in [-0.4, -0.2) is 103 Å². The number of ether oxygens (including phenoxy) is 3. The number of anilines is 3. The van der Waals surface area contributed by atoms with Crippen LogP contribution in [0.4, 0.5) is 17.5 Å². The van der Waals surface area contributed by atoms with E-state index in [1.54, 1.807) is 6.92 Å². The highest BCUT2D eigenvalue weighted by atomic mass is 31.2. The van der Waals surface area contributed by atoms with Gasteiger partial charge in [-0.1, -0.05) is 0 Å². The molecule has 0 aliphatic carbocycles. The van der Waals surface area contributed by atoms with Crippen LogP contribution in [-0.2, 0) is 41.4 Å². The van der Waals surface area contributed by atoms with E-state index in [1.165, 1.54) is 41.7 Å². The summed E-state index contributed by atoms with van der Waals surface area (Å²) in [6.07, 6.45) is -4.50. The number of rotatable bonds is 13. The first-order valence-corrected chi connectivity index (χ1v) is 19.6. The van der Waals surface area contributed by atoms with E-state index < -0.39 is 95.5 Å². The number of fused-ring (bicyclic) bond motifs is 1. The molecule has 11 atom stereocenters. The number of hydrogen-bond acceptors (Lipinski definition) is 20. The van der Waals surface area contributed by atoms with Gasteiger partial charge in [-0.15, -0.1) is 0 Å². The topological polar surface area (TPSA) is 351 Å². The number of aliphatic hydroxyl groups excluding tert-OH is 1. The standard InChI is InChI=1S/C28H37N11O14P2/c1-13-15(7-22(49-13)38-5-3-20(30)36-28(38)42)52-54(43,44)48-10-18-16(8-23(51-18)39-12-34-24-25(31)32-11-33-26(24)39)53-55(45,46)47-9-17-14(40)6-21(50-17)37-4-2-19(29)35-27(37)41/h2-5,11-18,21-23,40H,6-10H2,1H3,(H,43,44)(H,45,46)(H2,29,35,41)(H2,30,36,42)(H2,31,32,33)/t13-,14+,15+,16+,17-,18-,21-,22-,23-/m1/s1. The minimum Gasteiger partial charge on any atom is -0.390 e. The van der Waals surface area contributed by atoms with Gasteiger partial charge in [0.15, 0.2) is 11.5 Å². The summed E-state index contributed by atoms with van der Waals surface area (Å²) in [4.78, 5) is 65.7. The van der Waals surface area contributed by atoms with Crippen LogP contribution in [0.25, 0.3) is 11.2 Å². The Balaban J connectivity index is 1.02. The minimum absolute atomic E-state index is 0.00795. The summed E-state index contributed by atoms with van der Waals surface area (Å²) in [5.74, 6) is 0.0883. The molecule has 0 spiro atoms. The molecule has 9 N–H and O–H groups in total. The Labute approximate surface area is 309 Å². The number of aliphatic hydroxyl groups is 1. The molecular formula is C28H37N11O14P2. The summed E-state index contributed by atoms with van der Waals surface area (Å²) in [6, 6.07) is 2.77. The molecule has 7 heterocycles. The Hall–Kier alpha value is -4.23. The zero-order valence-electron chi connectivity index (χ0n) is 28.7. The molecule has 3 aliphatic heterocycles. The van der Waals surface area contributed by atoms with Gasteiger partial charge in [0.1, 0.15) is 60.5 Å². The number of nitrogens with two attached hydrogens (primary N) is 3. The molecule has 0 radical (unpaired) electrons. The largest absolute Gasteiger partial charge is 0.472 e. The zero-order chi connectivity index (χ0) is 39.2. The minimum atomic E-state index is -4.98. The van der Waals surface area contributed by atoms with Gasteiger partial charge in [-0.3, -0.25) is 31.8 Å². The molecule has 4 aromatic heterocycles. The zero-order valence-corrected chi connectivity index (χ0v) is 30.5. The lowest BCUT2D eigenvalue weighted by molar-refractivity contribution is -0.0580. The molecule has 3 fully saturated rings. The second kappa shape index (κ2) is 15.4. The van der Waals surface area contributed by atoms with Crippen molar-refractivity contribution in [2.75, 3.05) is 30.4 Å². The van der Waals surface area contributed by atoms with E-state index in [0.29, 0.717) is 0 Å². The summed E-state index contributed by atoms with van der Waals surface area (Å²) in [6.45, 7) is 0.246. The van der Waals surface area contributed by atoms with Crippen molar-refractivity contribution < 1.29 is 56.3 Å². The van der Waals surface area contributed by atoms with Gasteiger partial charge in [0.2, 0.25) is 0 Å². The molecule has 2 unspecified atom stereocenters.